The van der Waals surface area contributed by atoms with Gasteiger partial charge in [0.05, 0.1) is 5.52 Å². The van der Waals surface area contributed by atoms with Crippen LogP contribution < -0.4 is 5.32 Å². The molecule has 1 aliphatic rings. The summed E-state index contributed by atoms with van der Waals surface area (Å²) in [6.45, 7) is 2.96. The van der Waals surface area contributed by atoms with Crippen LogP contribution in [0.1, 0.15) is 5.69 Å². The molecule has 1 aliphatic heterocycles. The van der Waals surface area contributed by atoms with Gasteiger partial charge in [-0.05, 0) is 28.1 Å². The monoisotopic (exact) mass is 284 g/mol. The summed E-state index contributed by atoms with van der Waals surface area (Å²) in [4.78, 5) is 0. The van der Waals surface area contributed by atoms with Gasteiger partial charge in [-0.15, -0.1) is 0 Å². The molecule has 0 amide bonds. The van der Waals surface area contributed by atoms with Crippen molar-refractivity contribution >= 4 is 38.4 Å². The van der Waals surface area contributed by atoms with E-state index in [1.807, 2.05) is 12.1 Å². The topological polar surface area (TPSA) is 17.0 Å². The van der Waals surface area contributed by atoms with E-state index < -0.39 is 0 Å². The van der Waals surface area contributed by atoms with Crippen molar-refractivity contribution < 1.29 is 0 Å². The number of nitrogens with one attached hydrogen (secondary N) is 1. The van der Waals surface area contributed by atoms with E-state index in [4.69, 9.17) is 11.6 Å². The van der Waals surface area contributed by atoms with Crippen molar-refractivity contribution in [2.24, 2.45) is 0 Å². The van der Waals surface area contributed by atoms with Crippen LogP contribution in [0.3, 0.4) is 0 Å². The van der Waals surface area contributed by atoms with E-state index in [2.05, 4.69) is 31.9 Å². The highest BCUT2D eigenvalue weighted by Crippen LogP contribution is 2.33. The molecule has 0 atom stereocenters. The van der Waals surface area contributed by atoms with Gasteiger partial charge in [-0.25, -0.2) is 0 Å². The summed E-state index contributed by atoms with van der Waals surface area (Å²) in [7, 11) is 0. The summed E-state index contributed by atoms with van der Waals surface area (Å²) in [5.41, 5.74) is 2.55. The van der Waals surface area contributed by atoms with Crippen molar-refractivity contribution in [1.29, 1.82) is 0 Å². The number of benzene rings is 1. The third-order valence-electron chi connectivity index (χ3n) is 2.87. The summed E-state index contributed by atoms with van der Waals surface area (Å²) in [5, 5.41) is 5.42. The number of rotatable bonds is 0. The molecule has 0 unspecified atom stereocenters. The number of aromatic nitrogens is 1. The van der Waals surface area contributed by atoms with Crippen molar-refractivity contribution in [1.82, 2.24) is 9.88 Å². The highest BCUT2D eigenvalue weighted by molar-refractivity contribution is 9.10. The molecule has 0 saturated carbocycles. The maximum absolute atomic E-state index is 6.03. The smallest absolute Gasteiger partial charge is 0.0510 e. The van der Waals surface area contributed by atoms with Gasteiger partial charge in [0.2, 0.25) is 0 Å². The molecule has 0 radical (unpaired) electrons. The molecule has 0 aliphatic carbocycles. The minimum atomic E-state index is 0.800. The predicted octanol–water partition coefficient (Wildman–Crippen LogP) is 3.16. The van der Waals surface area contributed by atoms with Gasteiger partial charge in [-0.1, -0.05) is 17.7 Å². The average molecular weight is 286 g/mol. The summed E-state index contributed by atoms with van der Waals surface area (Å²) in [6.07, 6.45) is 0. The standard InChI is InChI=1S/C11H10BrClN2/c12-11-8-2-1-7(13)5-9(8)15-4-3-14-6-10(11)15/h1-2,5,14H,3-4,6H2. The lowest BCUT2D eigenvalue weighted by molar-refractivity contribution is 0.525. The van der Waals surface area contributed by atoms with E-state index in [1.54, 1.807) is 0 Å². The second kappa shape index (κ2) is 3.51. The van der Waals surface area contributed by atoms with Crippen LogP contribution in [0.25, 0.3) is 10.9 Å². The van der Waals surface area contributed by atoms with Gasteiger partial charge in [0.25, 0.3) is 0 Å². The SMILES string of the molecule is Clc1ccc2c(Br)c3n(c2c1)CCNC3. The second-order valence-electron chi connectivity index (χ2n) is 3.75. The summed E-state index contributed by atoms with van der Waals surface area (Å²) in [5.74, 6) is 0. The first kappa shape index (κ1) is 9.70. The number of nitrogens with zero attached hydrogens (tertiary/aromatic N) is 1. The number of fused-ring (bicyclic) bond motifs is 3. The van der Waals surface area contributed by atoms with Crippen LogP contribution in [0.2, 0.25) is 5.02 Å². The molecular weight excluding hydrogens is 275 g/mol. The highest BCUT2D eigenvalue weighted by Gasteiger charge is 2.17. The quantitative estimate of drug-likeness (QED) is 0.787. The van der Waals surface area contributed by atoms with Crippen LogP contribution in [0, 0.1) is 0 Å². The van der Waals surface area contributed by atoms with Crippen LogP contribution in [0.5, 0.6) is 0 Å². The van der Waals surface area contributed by atoms with E-state index in [9.17, 15) is 0 Å². The summed E-state index contributed by atoms with van der Waals surface area (Å²) < 4.78 is 3.53. The molecule has 0 fully saturated rings. The zero-order chi connectivity index (χ0) is 10.4. The Balaban J connectivity index is 2.39. The van der Waals surface area contributed by atoms with Crippen LogP contribution >= 0.6 is 27.5 Å². The molecule has 1 N–H and O–H groups in total. The first-order valence-corrected chi connectivity index (χ1v) is 6.11. The zero-order valence-corrected chi connectivity index (χ0v) is 10.4. The second-order valence-corrected chi connectivity index (χ2v) is 4.98. The Morgan fingerprint density at radius 1 is 1.40 bits per heavy atom. The van der Waals surface area contributed by atoms with Crippen molar-refractivity contribution in [3.05, 3.63) is 33.4 Å². The molecule has 0 bridgehead atoms. The number of hydrogen-bond donors (Lipinski definition) is 1. The Bertz CT molecular complexity index is 533. The van der Waals surface area contributed by atoms with E-state index in [-0.39, 0.29) is 0 Å². The van der Waals surface area contributed by atoms with E-state index in [1.165, 1.54) is 21.1 Å². The molecule has 0 saturated heterocycles. The lowest BCUT2D eigenvalue weighted by atomic mass is 10.2. The number of hydrogen-bond acceptors (Lipinski definition) is 1. The van der Waals surface area contributed by atoms with Gasteiger partial charge < -0.3 is 9.88 Å². The van der Waals surface area contributed by atoms with Crippen LogP contribution in [0.15, 0.2) is 22.7 Å². The Morgan fingerprint density at radius 3 is 3.13 bits per heavy atom. The van der Waals surface area contributed by atoms with Crippen molar-refractivity contribution in [2.45, 2.75) is 13.1 Å². The Morgan fingerprint density at radius 2 is 2.27 bits per heavy atom. The largest absolute Gasteiger partial charge is 0.341 e. The van der Waals surface area contributed by atoms with Gasteiger partial charge >= 0.3 is 0 Å². The van der Waals surface area contributed by atoms with Crippen molar-refractivity contribution in [3.8, 4) is 0 Å². The van der Waals surface area contributed by atoms with E-state index in [0.29, 0.717) is 0 Å². The molecule has 3 rings (SSSR count). The van der Waals surface area contributed by atoms with Gasteiger partial charge in [-0.3, -0.25) is 0 Å². The van der Waals surface area contributed by atoms with Crippen molar-refractivity contribution in [2.75, 3.05) is 6.54 Å². The van der Waals surface area contributed by atoms with E-state index in [0.717, 1.165) is 24.7 Å². The third kappa shape index (κ3) is 1.41. The summed E-state index contributed by atoms with van der Waals surface area (Å²) >= 11 is 9.68. The molecule has 2 aromatic rings. The van der Waals surface area contributed by atoms with E-state index >= 15 is 0 Å². The molecule has 4 heteroatoms. The van der Waals surface area contributed by atoms with Crippen molar-refractivity contribution in [3.63, 3.8) is 0 Å². The molecule has 2 heterocycles. The molecule has 1 aromatic carbocycles. The molecular formula is C11H10BrClN2. The minimum absolute atomic E-state index is 0.800. The zero-order valence-electron chi connectivity index (χ0n) is 8.06. The first-order chi connectivity index (χ1) is 7.27. The Hall–Kier alpha value is -0.510. The molecule has 15 heavy (non-hydrogen) atoms. The van der Waals surface area contributed by atoms with Crippen LogP contribution in [-0.2, 0) is 13.1 Å². The lowest BCUT2D eigenvalue weighted by Crippen LogP contribution is -2.27. The maximum Gasteiger partial charge on any atom is 0.0510 e. The fourth-order valence-corrected chi connectivity index (χ4v) is 3.02. The third-order valence-corrected chi connectivity index (χ3v) is 3.99. The van der Waals surface area contributed by atoms with Gasteiger partial charge in [0, 0.05) is 40.2 Å². The Labute approximate surface area is 101 Å². The fraction of sp³-hybridized carbons (Fsp3) is 0.273. The Kier molecular flexibility index (Phi) is 2.27. The number of halogens is 2. The summed E-state index contributed by atoms with van der Waals surface area (Å²) in [6, 6.07) is 6.05. The minimum Gasteiger partial charge on any atom is -0.341 e. The molecule has 2 nitrogen and oxygen atoms in total. The van der Waals surface area contributed by atoms with Crippen LogP contribution in [0.4, 0.5) is 0 Å². The molecule has 1 aromatic heterocycles. The highest BCUT2D eigenvalue weighted by atomic mass is 79.9. The normalized spacial score (nSPS) is 15.6. The predicted molar refractivity (Wildman–Crippen MR) is 66.4 cm³/mol. The fourth-order valence-electron chi connectivity index (χ4n) is 2.16. The maximum atomic E-state index is 6.03. The molecule has 78 valence electrons. The van der Waals surface area contributed by atoms with Gasteiger partial charge in [-0.2, -0.15) is 0 Å². The van der Waals surface area contributed by atoms with Crippen LogP contribution in [-0.4, -0.2) is 11.1 Å². The average Bonchev–Trinajstić information content (AvgIpc) is 2.54. The first-order valence-electron chi connectivity index (χ1n) is 4.94. The molecule has 0 spiro atoms. The van der Waals surface area contributed by atoms with Gasteiger partial charge in [0.15, 0.2) is 0 Å². The lowest BCUT2D eigenvalue weighted by Gasteiger charge is -2.17. The van der Waals surface area contributed by atoms with Gasteiger partial charge in [0.1, 0.15) is 0 Å².